The molecule has 414 valence electrons. The number of aromatic nitrogens is 2. The van der Waals surface area contributed by atoms with Crippen molar-refractivity contribution >= 4 is 17.7 Å². The van der Waals surface area contributed by atoms with E-state index in [4.69, 9.17) is 47.4 Å². The summed E-state index contributed by atoms with van der Waals surface area (Å²) < 4.78 is 73.4. The fourth-order valence-corrected chi connectivity index (χ4v) is 10.9. The van der Waals surface area contributed by atoms with Gasteiger partial charge in [-0.25, -0.2) is 13.9 Å². The maximum absolute atomic E-state index is 13.7. The first-order valence-electron chi connectivity index (χ1n) is 27.2. The van der Waals surface area contributed by atoms with Crippen LogP contribution in [-0.2, 0) is 105 Å². The van der Waals surface area contributed by atoms with Crippen LogP contribution in [0, 0.1) is 0 Å². The van der Waals surface area contributed by atoms with E-state index < -0.39 is 66.5 Å². The fraction of sp³-hybridized carbons (Fsp3) is 0.303. The Balaban J connectivity index is 1.01. The number of thioether (sulfide) groups is 1. The average Bonchev–Trinajstić information content (AvgIpc) is 3.93. The topological polar surface area (TPSA) is 118 Å². The number of nitrogens with zero attached hydrogens (tertiary/aromatic N) is 2. The summed E-state index contributed by atoms with van der Waals surface area (Å²) in [5.41, 5.74) is 5.21. The second-order valence-electron chi connectivity index (χ2n) is 19.9. The van der Waals surface area contributed by atoms with Crippen LogP contribution in [0.5, 0.6) is 0 Å². The third kappa shape index (κ3) is 16.4. The number of carbonyl (C=O) groups excluding carboxylic acids is 1. The predicted octanol–water partition coefficient (Wildman–Crippen LogP) is 10.6. The van der Waals surface area contributed by atoms with E-state index in [1.807, 2.05) is 231 Å². The maximum atomic E-state index is 13.7. The molecule has 0 spiro atoms. The van der Waals surface area contributed by atoms with Crippen molar-refractivity contribution in [2.24, 2.45) is 7.05 Å². The monoisotopic (exact) mass is 1100 g/mol. The maximum Gasteiger partial charge on any atom is 0.348 e. The molecule has 8 aromatic rings. The minimum absolute atomic E-state index is 0.00507. The molecule has 2 aliphatic rings. The summed E-state index contributed by atoms with van der Waals surface area (Å²) in [5, 5.41) is 0. The van der Waals surface area contributed by atoms with Gasteiger partial charge in [0.15, 0.2) is 12.8 Å². The molecular weight excluding hydrogens is 1030 g/mol. The standard InChI is InChI=1S/C66H69N2O11S/c1-67-37-38-68(48-67)39-58(69)70-46-56-59(71-40-49-23-9-2-10-24-49)61(73-42-51-27-13-4-14-28-51)63(75-44-53-31-17-6-18-32-53)65(78-56)77-47-57-60(72-41-50-25-11-3-12-26-50)62(74-43-52-29-15-5-16-30-52)64(76-45-54-33-19-7-20-34-54)66(79-57)80-55-35-21-8-22-36-55/h2-38,48,56-57,59-66H,39-47H2,1H3/q+1/t56-,57-,59-,60-,61+,62+,63-,64-,65-,66+/m1/s1. The van der Waals surface area contributed by atoms with E-state index in [1.165, 1.54) is 0 Å². The first-order valence-corrected chi connectivity index (χ1v) is 28.1. The van der Waals surface area contributed by atoms with Gasteiger partial charge in [0.2, 0.25) is 6.33 Å². The van der Waals surface area contributed by atoms with Crippen LogP contribution in [0.1, 0.15) is 33.4 Å². The van der Waals surface area contributed by atoms with Crippen LogP contribution in [0.15, 0.2) is 236 Å². The molecule has 0 N–H and O–H groups in total. The van der Waals surface area contributed by atoms with Gasteiger partial charge in [0.1, 0.15) is 73.3 Å². The molecule has 14 heteroatoms. The van der Waals surface area contributed by atoms with Crippen LogP contribution in [0.3, 0.4) is 0 Å². The molecule has 0 aliphatic carbocycles. The predicted molar refractivity (Wildman–Crippen MR) is 302 cm³/mol. The highest BCUT2D eigenvalue weighted by Crippen LogP contribution is 2.39. The van der Waals surface area contributed by atoms with Gasteiger partial charge in [0.05, 0.1) is 53.3 Å². The molecule has 0 amide bonds. The summed E-state index contributed by atoms with van der Waals surface area (Å²) in [5.74, 6) is -0.449. The highest BCUT2D eigenvalue weighted by atomic mass is 32.2. The number of hydrogen-bond donors (Lipinski definition) is 0. The largest absolute Gasteiger partial charge is 0.460 e. The van der Waals surface area contributed by atoms with E-state index in [2.05, 4.69) is 12.1 Å². The Morgan fingerprint density at radius 2 is 0.800 bits per heavy atom. The van der Waals surface area contributed by atoms with Gasteiger partial charge in [-0.1, -0.05) is 212 Å². The van der Waals surface area contributed by atoms with Crippen LogP contribution in [0.25, 0.3) is 0 Å². The van der Waals surface area contributed by atoms with Crippen molar-refractivity contribution in [3.8, 4) is 0 Å². The van der Waals surface area contributed by atoms with Crippen LogP contribution in [0.2, 0.25) is 0 Å². The Bertz CT molecular complexity index is 3020. The molecular formula is C66H69N2O11S+. The molecule has 2 aliphatic heterocycles. The van der Waals surface area contributed by atoms with E-state index in [0.717, 1.165) is 38.3 Å². The molecule has 0 radical (unpaired) electrons. The number of benzene rings is 7. The van der Waals surface area contributed by atoms with Gasteiger partial charge >= 0.3 is 5.97 Å². The quantitative estimate of drug-likeness (QED) is 0.0360. The molecule has 3 heterocycles. The number of aryl methyl sites for hydroxylation is 1. The number of hydrogen-bond acceptors (Lipinski definition) is 12. The molecule has 0 saturated carbocycles. The molecule has 7 aromatic carbocycles. The zero-order valence-corrected chi connectivity index (χ0v) is 45.7. The second kappa shape index (κ2) is 29.6. The smallest absolute Gasteiger partial charge is 0.348 e. The minimum atomic E-state index is -1.11. The summed E-state index contributed by atoms with van der Waals surface area (Å²) >= 11 is 1.56. The van der Waals surface area contributed by atoms with Crippen LogP contribution in [0.4, 0.5) is 0 Å². The Kier molecular flexibility index (Phi) is 20.9. The molecule has 10 atom stereocenters. The Hall–Kier alpha value is -6.79. The number of esters is 1. The molecule has 0 unspecified atom stereocenters. The highest BCUT2D eigenvalue weighted by molar-refractivity contribution is 7.99. The van der Waals surface area contributed by atoms with Gasteiger partial charge in [0, 0.05) is 4.90 Å². The lowest BCUT2D eigenvalue weighted by atomic mass is 9.97. The van der Waals surface area contributed by atoms with Crippen molar-refractivity contribution in [1.29, 1.82) is 0 Å². The Labute approximate surface area is 473 Å². The first kappa shape index (κ1) is 56.5. The first-order chi connectivity index (χ1) is 39.5. The van der Waals surface area contributed by atoms with Crippen molar-refractivity contribution in [1.82, 2.24) is 4.57 Å². The van der Waals surface area contributed by atoms with Gasteiger partial charge in [-0.3, -0.25) is 0 Å². The molecule has 80 heavy (non-hydrogen) atoms. The lowest BCUT2D eigenvalue weighted by Crippen LogP contribution is -2.63. The van der Waals surface area contributed by atoms with E-state index in [-0.39, 0.29) is 52.8 Å². The summed E-state index contributed by atoms with van der Waals surface area (Å²) in [7, 11) is 1.90. The Morgan fingerprint density at radius 1 is 0.438 bits per heavy atom. The van der Waals surface area contributed by atoms with E-state index in [1.54, 1.807) is 16.3 Å². The molecule has 1 aromatic heterocycles. The van der Waals surface area contributed by atoms with Gasteiger partial charge in [-0.2, -0.15) is 0 Å². The molecule has 13 nitrogen and oxygen atoms in total. The fourth-order valence-electron chi connectivity index (χ4n) is 9.78. The van der Waals surface area contributed by atoms with Crippen LogP contribution < -0.4 is 4.57 Å². The van der Waals surface area contributed by atoms with E-state index in [9.17, 15) is 4.79 Å². The van der Waals surface area contributed by atoms with Crippen LogP contribution in [-0.4, -0.2) is 84.3 Å². The number of imidazole rings is 1. The molecule has 0 bridgehead atoms. The number of rotatable bonds is 27. The van der Waals surface area contributed by atoms with E-state index in [0.29, 0.717) is 6.61 Å². The van der Waals surface area contributed by atoms with E-state index >= 15 is 0 Å². The van der Waals surface area contributed by atoms with Crippen molar-refractivity contribution in [3.05, 3.63) is 264 Å². The zero-order chi connectivity index (χ0) is 54.6. The van der Waals surface area contributed by atoms with Crippen molar-refractivity contribution < 1.29 is 56.7 Å². The van der Waals surface area contributed by atoms with Crippen LogP contribution >= 0.6 is 11.8 Å². The summed E-state index contributed by atoms with van der Waals surface area (Å²) in [6.07, 6.45) is -1.81. The number of ether oxygens (including phenoxy) is 10. The normalized spacial score (nSPS) is 22.9. The summed E-state index contributed by atoms with van der Waals surface area (Å²) in [6, 6.07) is 70.2. The SMILES string of the molecule is C[n+]1ccn(CC(=O)OC[C@H]2O[C@@H](OC[C@H]3O[C@@H](Sc4ccccc4)[C@H](OCc4ccccc4)[C@@H](OCc4ccccc4)[C@@H]3OCc3ccccc3)[C@H](OCc3ccccc3)[C@@H](OCc3ccccc3)[C@@H]2OCc2ccccc2)c1. The van der Waals surface area contributed by atoms with Gasteiger partial charge in [-0.15, -0.1) is 0 Å². The van der Waals surface area contributed by atoms with Gasteiger partial charge < -0.3 is 47.4 Å². The Morgan fingerprint density at radius 3 is 1.21 bits per heavy atom. The second-order valence-corrected chi connectivity index (χ2v) is 21.0. The molecule has 2 saturated heterocycles. The molecule has 2 fully saturated rings. The lowest BCUT2D eigenvalue weighted by Gasteiger charge is -2.48. The minimum Gasteiger partial charge on any atom is -0.460 e. The molecule has 10 rings (SSSR count). The summed E-state index contributed by atoms with van der Waals surface area (Å²) in [4.78, 5) is 14.7. The number of carbonyl (C=O) groups is 1. The summed E-state index contributed by atoms with van der Waals surface area (Å²) in [6.45, 7) is 1.27. The van der Waals surface area contributed by atoms with Crippen molar-refractivity contribution in [2.75, 3.05) is 13.2 Å². The zero-order valence-electron chi connectivity index (χ0n) is 44.9. The third-order valence-corrected chi connectivity index (χ3v) is 15.0. The third-order valence-electron chi connectivity index (χ3n) is 13.9. The lowest BCUT2D eigenvalue weighted by molar-refractivity contribution is -0.671. The average molecular weight is 1100 g/mol. The van der Waals surface area contributed by atoms with Crippen molar-refractivity contribution in [3.63, 3.8) is 0 Å². The van der Waals surface area contributed by atoms with Gasteiger partial charge in [0.25, 0.3) is 0 Å². The van der Waals surface area contributed by atoms with Crippen molar-refractivity contribution in [2.45, 2.75) is 112 Å². The van der Waals surface area contributed by atoms with Gasteiger partial charge in [-0.05, 0) is 45.5 Å². The highest BCUT2D eigenvalue weighted by Gasteiger charge is 2.52.